The van der Waals surface area contributed by atoms with Gasteiger partial charge in [0, 0.05) is 21.7 Å². The van der Waals surface area contributed by atoms with Crippen molar-refractivity contribution in [3.63, 3.8) is 0 Å². The fourth-order valence-electron chi connectivity index (χ4n) is 3.61. The highest BCUT2D eigenvalue weighted by Crippen LogP contribution is 2.28. The molecule has 0 atom stereocenters. The highest BCUT2D eigenvalue weighted by Gasteiger charge is 2.16. The molecule has 0 bridgehead atoms. The van der Waals surface area contributed by atoms with E-state index in [1.54, 1.807) is 96.3 Å². The molecule has 0 fully saturated rings. The third-order valence-electron chi connectivity index (χ3n) is 5.62. The Balaban J connectivity index is 1.54. The Labute approximate surface area is 230 Å². The fourth-order valence-corrected chi connectivity index (χ4v) is 4.23. The van der Waals surface area contributed by atoms with Crippen LogP contribution in [-0.2, 0) is 4.79 Å². The van der Waals surface area contributed by atoms with E-state index in [2.05, 4.69) is 10.6 Å². The summed E-state index contributed by atoms with van der Waals surface area (Å²) in [5.74, 6) is -0.102. The molecule has 0 saturated carbocycles. The molecule has 0 aliphatic heterocycles. The molecule has 0 saturated heterocycles. The number of nitrogens with one attached hydrogen (secondary N) is 2. The van der Waals surface area contributed by atoms with E-state index in [4.69, 9.17) is 9.47 Å². The molecule has 2 amide bonds. The maximum absolute atomic E-state index is 13.3. The summed E-state index contributed by atoms with van der Waals surface area (Å²) < 4.78 is 10.6. The summed E-state index contributed by atoms with van der Waals surface area (Å²) in [6.07, 6.45) is 4.83. The lowest BCUT2D eigenvalue weighted by molar-refractivity contribution is -0.113. The number of ketones is 1. The molecular weight excluding hydrogens is 512 g/mol. The predicted octanol–water partition coefficient (Wildman–Crippen LogP) is 6.07. The van der Waals surface area contributed by atoms with Crippen LogP contribution in [0.4, 0.5) is 5.69 Å². The van der Waals surface area contributed by atoms with Crippen LogP contribution < -0.4 is 20.1 Å². The number of benzene rings is 3. The highest BCUT2D eigenvalue weighted by molar-refractivity contribution is 7.10. The van der Waals surface area contributed by atoms with Gasteiger partial charge < -0.3 is 20.1 Å². The lowest BCUT2D eigenvalue weighted by Crippen LogP contribution is -2.30. The van der Waals surface area contributed by atoms with Crippen molar-refractivity contribution in [3.05, 3.63) is 124 Å². The quantitative estimate of drug-likeness (QED) is 0.189. The van der Waals surface area contributed by atoms with Crippen LogP contribution in [-0.4, -0.2) is 31.8 Å². The van der Waals surface area contributed by atoms with E-state index in [0.717, 1.165) is 4.88 Å². The molecule has 0 spiro atoms. The minimum absolute atomic E-state index is 0.0232. The van der Waals surface area contributed by atoms with Gasteiger partial charge in [-0.05, 0) is 83.8 Å². The maximum atomic E-state index is 13.3. The summed E-state index contributed by atoms with van der Waals surface area (Å²) in [5, 5.41) is 7.43. The standard InChI is InChI=1S/C31H26N2O5S/c1-37-28-17-10-21(20-29(28)38-2)19-26(33-30(35)23-7-4-3-5-8-23)31(36)32-24-13-11-22(12-14-24)27(34)16-15-25-9-6-18-39-25/h3-20H,1-2H3,(H,32,36)(H,33,35)/b16-15+,26-19-. The first-order chi connectivity index (χ1) is 19.0. The Morgan fingerprint density at radius 1 is 0.795 bits per heavy atom. The number of thiophene rings is 1. The fraction of sp³-hybridized carbons (Fsp3) is 0.0645. The number of hydrogen-bond donors (Lipinski definition) is 2. The molecule has 196 valence electrons. The molecule has 7 nitrogen and oxygen atoms in total. The Morgan fingerprint density at radius 2 is 1.54 bits per heavy atom. The van der Waals surface area contributed by atoms with Crippen molar-refractivity contribution in [3.8, 4) is 11.5 Å². The van der Waals surface area contributed by atoms with Crippen molar-refractivity contribution in [2.45, 2.75) is 0 Å². The largest absolute Gasteiger partial charge is 0.493 e. The Kier molecular flexibility index (Phi) is 9.05. The summed E-state index contributed by atoms with van der Waals surface area (Å²) >= 11 is 1.54. The predicted molar refractivity (Wildman–Crippen MR) is 154 cm³/mol. The van der Waals surface area contributed by atoms with Gasteiger partial charge in [-0.1, -0.05) is 30.3 Å². The van der Waals surface area contributed by atoms with E-state index >= 15 is 0 Å². The minimum atomic E-state index is -0.536. The van der Waals surface area contributed by atoms with E-state index in [0.29, 0.717) is 33.9 Å². The van der Waals surface area contributed by atoms with Gasteiger partial charge in [0.2, 0.25) is 0 Å². The van der Waals surface area contributed by atoms with E-state index in [-0.39, 0.29) is 11.5 Å². The molecule has 2 N–H and O–H groups in total. The zero-order valence-corrected chi connectivity index (χ0v) is 22.2. The smallest absolute Gasteiger partial charge is 0.272 e. The van der Waals surface area contributed by atoms with Crippen molar-refractivity contribution in [2.24, 2.45) is 0 Å². The van der Waals surface area contributed by atoms with Crippen LogP contribution in [0.25, 0.3) is 12.2 Å². The normalized spacial score (nSPS) is 11.2. The summed E-state index contributed by atoms with van der Waals surface area (Å²) in [6.45, 7) is 0. The Morgan fingerprint density at radius 3 is 2.21 bits per heavy atom. The van der Waals surface area contributed by atoms with Crippen molar-refractivity contribution in [1.82, 2.24) is 5.32 Å². The number of methoxy groups -OCH3 is 2. The van der Waals surface area contributed by atoms with Gasteiger partial charge in [-0.15, -0.1) is 11.3 Å². The summed E-state index contributed by atoms with van der Waals surface area (Å²) in [5.41, 5.74) is 1.99. The van der Waals surface area contributed by atoms with Gasteiger partial charge in [-0.25, -0.2) is 0 Å². The molecule has 8 heteroatoms. The average Bonchev–Trinajstić information content (AvgIpc) is 3.50. The topological polar surface area (TPSA) is 93.7 Å². The Hall–Kier alpha value is -4.95. The van der Waals surface area contributed by atoms with Crippen molar-refractivity contribution < 1.29 is 23.9 Å². The molecule has 3 aromatic carbocycles. The molecule has 39 heavy (non-hydrogen) atoms. The number of allylic oxidation sites excluding steroid dienone is 1. The molecule has 0 aliphatic carbocycles. The highest BCUT2D eigenvalue weighted by atomic mass is 32.1. The zero-order chi connectivity index (χ0) is 27.6. The lowest BCUT2D eigenvalue weighted by atomic mass is 10.1. The van der Waals surface area contributed by atoms with Gasteiger partial charge in [0.25, 0.3) is 11.8 Å². The second-order valence-corrected chi connectivity index (χ2v) is 9.22. The monoisotopic (exact) mass is 538 g/mol. The van der Waals surface area contributed by atoms with Crippen molar-refractivity contribution >= 4 is 46.8 Å². The third-order valence-corrected chi connectivity index (χ3v) is 6.45. The summed E-state index contributed by atoms with van der Waals surface area (Å²) in [7, 11) is 3.05. The van der Waals surface area contributed by atoms with Gasteiger partial charge in [0.1, 0.15) is 5.70 Å². The summed E-state index contributed by atoms with van der Waals surface area (Å²) in [6, 6.07) is 24.1. The van der Waals surface area contributed by atoms with Crippen LogP contribution in [0.1, 0.15) is 31.2 Å². The average molecular weight is 539 g/mol. The summed E-state index contributed by atoms with van der Waals surface area (Å²) in [4.78, 5) is 39.6. The first-order valence-electron chi connectivity index (χ1n) is 11.9. The second kappa shape index (κ2) is 13.0. The van der Waals surface area contributed by atoms with Crippen molar-refractivity contribution in [2.75, 3.05) is 19.5 Å². The van der Waals surface area contributed by atoms with E-state index < -0.39 is 11.8 Å². The maximum Gasteiger partial charge on any atom is 0.272 e. The molecule has 4 aromatic rings. The lowest BCUT2D eigenvalue weighted by Gasteiger charge is -2.13. The number of carbonyl (C=O) groups is 3. The zero-order valence-electron chi connectivity index (χ0n) is 21.3. The van der Waals surface area contributed by atoms with Crippen LogP contribution in [0.3, 0.4) is 0 Å². The Bertz CT molecular complexity index is 1510. The number of hydrogen-bond acceptors (Lipinski definition) is 6. The van der Waals surface area contributed by atoms with Gasteiger partial charge in [0.05, 0.1) is 14.2 Å². The second-order valence-electron chi connectivity index (χ2n) is 8.24. The van der Waals surface area contributed by atoms with Crippen molar-refractivity contribution in [1.29, 1.82) is 0 Å². The third kappa shape index (κ3) is 7.30. The number of ether oxygens (including phenoxy) is 2. The molecular formula is C31H26N2O5S. The van der Waals surface area contributed by atoms with Gasteiger partial charge in [-0.2, -0.15) is 0 Å². The van der Waals surface area contributed by atoms with Crippen LogP contribution in [0.15, 0.2) is 102 Å². The molecule has 4 rings (SSSR count). The molecule has 0 aliphatic rings. The number of carbonyl (C=O) groups excluding carboxylic acids is 3. The molecule has 1 heterocycles. The van der Waals surface area contributed by atoms with E-state index in [1.807, 2.05) is 17.5 Å². The minimum Gasteiger partial charge on any atom is -0.493 e. The molecule has 0 radical (unpaired) electrons. The number of anilines is 1. The first-order valence-corrected chi connectivity index (χ1v) is 12.8. The molecule has 0 unspecified atom stereocenters. The van der Waals surface area contributed by atoms with Crippen LogP contribution >= 0.6 is 11.3 Å². The van der Waals surface area contributed by atoms with Gasteiger partial charge >= 0.3 is 0 Å². The van der Waals surface area contributed by atoms with Gasteiger partial charge in [-0.3, -0.25) is 14.4 Å². The van der Waals surface area contributed by atoms with Crippen LogP contribution in [0, 0.1) is 0 Å². The molecule has 1 aromatic heterocycles. The van der Waals surface area contributed by atoms with E-state index in [9.17, 15) is 14.4 Å². The first kappa shape index (κ1) is 27.1. The number of rotatable bonds is 10. The number of amides is 2. The van der Waals surface area contributed by atoms with Gasteiger partial charge in [0.15, 0.2) is 17.3 Å². The van der Waals surface area contributed by atoms with E-state index in [1.165, 1.54) is 20.3 Å². The SMILES string of the molecule is COc1ccc(/C=C(\NC(=O)c2ccccc2)C(=O)Nc2ccc(C(=O)/C=C/c3cccs3)cc2)cc1OC. The van der Waals surface area contributed by atoms with Crippen LogP contribution in [0.5, 0.6) is 11.5 Å². The van der Waals surface area contributed by atoms with Crippen LogP contribution in [0.2, 0.25) is 0 Å².